The van der Waals surface area contributed by atoms with Gasteiger partial charge in [-0.25, -0.2) is 4.98 Å². The molecule has 3 rings (SSSR count). The van der Waals surface area contributed by atoms with Crippen molar-refractivity contribution < 1.29 is 4.79 Å². The van der Waals surface area contributed by atoms with E-state index in [1.165, 1.54) is 0 Å². The Balaban J connectivity index is 1.45. The van der Waals surface area contributed by atoms with Crippen molar-refractivity contribution in [2.45, 2.75) is 44.1 Å². The summed E-state index contributed by atoms with van der Waals surface area (Å²) in [6.07, 6.45) is 9.02. The number of thiazole rings is 1. The average molecular weight is 330 g/mol. The van der Waals surface area contributed by atoms with Crippen molar-refractivity contribution >= 4 is 17.2 Å². The predicted molar refractivity (Wildman–Crippen MR) is 92.1 cm³/mol. The lowest BCUT2D eigenvalue weighted by Gasteiger charge is -2.22. The predicted octanol–water partition coefficient (Wildman–Crippen LogP) is 2.53. The fourth-order valence-electron chi connectivity index (χ4n) is 2.93. The number of carbonyl (C=O) groups excluding carboxylic acids is 1. The molecule has 1 amide bonds. The molecule has 1 aliphatic carbocycles. The van der Waals surface area contributed by atoms with Gasteiger partial charge in [0.15, 0.2) is 0 Å². The number of hydrogen-bond donors (Lipinski definition) is 2. The molecule has 0 spiro atoms. The second kappa shape index (κ2) is 7.19. The van der Waals surface area contributed by atoms with Crippen molar-refractivity contribution in [2.75, 3.05) is 6.54 Å². The van der Waals surface area contributed by atoms with Crippen LogP contribution in [0.15, 0.2) is 29.9 Å². The normalized spacial score (nSPS) is 16.4. The van der Waals surface area contributed by atoms with E-state index in [-0.39, 0.29) is 5.91 Å². The summed E-state index contributed by atoms with van der Waals surface area (Å²) in [4.78, 5) is 20.8. The fraction of sp³-hybridized carbons (Fsp3) is 0.471. The molecule has 0 atom stereocenters. The standard InChI is InChI=1S/C17H22N4OS/c18-17(7-1-2-8-17)16(22)20-9-3-4-15-21-14(12-23-15)13-5-10-19-11-6-13/h5-6,10-12H,1-4,7-9,18H2,(H,20,22). The molecule has 0 saturated heterocycles. The zero-order valence-electron chi connectivity index (χ0n) is 13.1. The van der Waals surface area contributed by atoms with Crippen LogP contribution in [0.2, 0.25) is 0 Å². The Morgan fingerprint density at radius 3 is 2.78 bits per heavy atom. The number of nitrogens with two attached hydrogens (primary N) is 1. The van der Waals surface area contributed by atoms with E-state index in [0.717, 1.165) is 54.8 Å². The zero-order valence-corrected chi connectivity index (χ0v) is 13.9. The Kier molecular flexibility index (Phi) is 5.03. The number of nitrogens with zero attached hydrogens (tertiary/aromatic N) is 2. The molecule has 0 aliphatic heterocycles. The van der Waals surface area contributed by atoms with Gasteiger partial charge in [0.1, 0.15) is 0 Å². The molecule has 5 nitrogen and oxygen atoms in total. The summed E-state index contributed by atoms with van der Waals surface area (Å²) < 4.78 is 0. The van der Waals surface area contributed by atoms with Crippen LogP contribution in [0.25, 0.3) is 11.3 Å². The maximum Gasteiger partial charge on any atom is 0.240 e. The van der Waals surface area contributed by atoms with E-state index in [4.69, 9.17) is 5.73 Å². The van der Waals surface area contributed by atoms with Crippen molar-refractivity contribution in [3.63, 3.8) is 0 Å². The summed E-state index contributed by atoms with van der Waals surface area (Å²) in [7, 11) is 0. The molecule has 2 heterocycles. The van der Waals surface area contributed by atoms with E-state index in [9.17, 15) is 4.79 Å². The number of carbonyl (C=O) groups is 1. The van der Waals surface area contributed by atoms with Gasteiger partial charge < -0.3 is 11.1 Å². The summed E-state index contributed by atoms with van der Waals surface area (Å²) in [5.74, 6) is 0.00612. The first kappa shape index (κ1) is 16.1. The molecule has 2 aromatic heterocycles. The van der Waals surface area contributed by atoms with Gasteiger partial charge in [0.2, 0.25) is 5.91 Å². The highest BCUT2D eigenvalue weighted by Crippen LogP contribution is 2.27. The maximum atomic E-state index is 12.1. The van der Waals surface area contributed by atoms with Crippen LogP contribution >= 0.6 is 11.3 Å². The van der Waals surface area contributed by atoms with Crippen LogP contribution in [0.1, 0.15) is 37.1 Å². The van der Waals surface area contributed by atoms with E-state index in [1.54, 1.807) is 23.7 Å². The highest BCUT2D eigenvalue weighted by molar-refractivity contribution is 7.09. The zero-order chi connectivity index (χ0) is 16.1. The molecule has 0 aromatic carbocycles. The van der Waals surface area contributed by atoms with Gasteiger partial charge in [0, 0.05) is 36.3 Å². The number of amides is 1. The summed E-state index contributed by atoms with van der Waals surface area (Å²) in [6.45, 7) is 0.655. The van der Waals surface area contributed by atoms with E-state index in [0.29, 0.717) is 6.54 Å². The molecular formula is C17H22N4OS. The number of pyridine rings is 1. The quantitative estimate of drug-likeness (QED) is 0.798. The van der Waals surface area contributed by atoms with Gasteiger partial charge >= 0.3 is 0 Å². The molecule has 0 unspecified atom stereocenters. The number of hydrogen-bond acceptors (Lipinski definition) is 5. The lowest BCUT2D eigenvalue weighted by atomic mass is 9.98. The van der Waals surface area contributed by atoms with Crippen molar-refractivity contribution in [1.82, 2.24) is 15.3 Å². The monoisotopic (exact) mass is 330 g/mol. The van der Waals surface area contributed by atoms with Crippen LogP contribution in [-0.4, -0.2) is 28.0 Å². The first-order valence-electron chi connectivity index (χ1n) is 8.09. The molecule has 122 valence electrons. The van der Waals surface area contributed by atoms with E-state index < -0.39 is 5.54 Å². The van der Waals surface area contributed by atoms with Crippen LogP contribution in [0.3, 0.4) is 0 Å². The van der Waals surface area contributed by atoms with Crippen LogP contribution in [0.4, 0.5) is 0 Å². The molecule has 1 saturated carbocycles. The van der Waals surface area contributed by atoms with Crippen LogP contribution < -0.4 is 11.1 Å². The Morgan fingerprint density at radius 2 is 2.04 bits per heavy atom. The molecule has 6 heteroatoms. The number of rotatable bonds is 6. The van der Waals surface area contributed by atoms with Crippen LogP contribution in [-0.2, 0) is 11.2 Å². The SMILES string of the molecule is NC1(C(=O)NCCCc2nc(-c3ccncc3)cs2)CCCC1. The largest absolute Gasteiger partial charge is 0.354 e. The van der Waals surface area contributed by atoms with Gasteiger partial charge in [0.05, 0.1) is 16.2 Å². The Bertz CT molecular complexity index is 650. The lowest BCUT2D eigenvalue weighted by molar-refractivity contribution is -0.126. The van der Waals surface area contributed by atoms with E-state index >= 15 is 0 Å². The number of aryl methyl sites for hydroxylation is 1. The molecule has 3 N–H and O–H groups in total. The van der Waals surface area contributed by atoms with Crippen LogP contribution in [0.5, 0.6) is 0 Å². The lowest BCUT2D eigenvalue weighted by Crippen LogP contribution is -2.52. The van der Waals surface area contributed by atoms with Gasteiger partial charge in [-0.1, -0.05) is 12.8 Å². The van der Waals surface area contributed by atoms with Crippen molar-refractivity contribution in [1.29, 1.82) is 0 Å². The van der Waals surface area contributed by atoms with Gasteiger partial charge in [-0.3, -0.25) is 9.78 Å². The van der Waals surface area contributed by atoms with E-state index in [2.05, 4.69) is 20.7 Å². The average Bonchev–Trinajstić information content (AvgIpc) is 3.22. The number of aromatic nitrogens is 2. The summed E-state index contributed by atoms with van der Waals surface area (Å²) in [5.41, 5.74) is 7.58. The molecule has 0 bridgehead atoms. The molecular weight excluding hydrogens is 308 g/mol. The first-order chi connectivity index (χ1) is 11.2. The minimum absolute atomic E-state index is 0.00612. The molecule has 23 heavy (non-hydrogen) atoms. The number of nitrogens with one attached hydrogen (secondary N) is 1. The molecule has 1 fully saturated rings. The van der Waals surface area contributed by atoms with Gasteiger partial charge in [-0.15, -0.1) is 11.3 Å². The fourth-order valence-corrected chi connectivity index (χ4v) is 3.78. The van der Waals surface area contributed by atoms with Crippen molar-refractivity contribution in [2.24, 2.45) is 5.73 Å². The Morgan fingerprint density at radius 1 is 1.30 bits per heavy atom. The highest BCUT2D eigenvalue weighted by atomic mass is 32.1. The minimum atomic E-state index is -0.629. The van der Waals surface area contributed by atoms with Gasteiger partial charge in [-0.2, -0.15) is 0 Å². The maximum absolute atomic E-state index is 12.1. The van der Waals surface area contributed by atoms with Crippen LogP contribution in [0, 0.1) is 0 Å². The molecule has 0 radical (unpaired) electrons. The topological polar surface area (TPSA) is 80.9 Å². The smallest absolute Gasteiger partial charge is 0.240 e. The highest BCUT2D eigenvalue weighted by Gasteiger charge is 2.36. The third kappa shape index (κ3) is 3.95. The summed E-state index contributed by atoms with van der Waals surface area (Å²) >= 11 is 1.66. The van der Waals surface area contributed by atoms with Crippen molar-refractivity contribution in [3.8, 4) is 11.3 Å². The third-order valence-corrected chi connectivity index (χ3v) is 5.24. The second-order valence-corrected chi connectivity index (χ2v) is 7.03. The van der Waals surface area contributed by atoms with Crippen molar-refractivity contribution in [3.05, 3.63) is 34.9 Å². The van der Waals surface area contributed by atoms with E-state index in [1.807, 2.05) is 12.1 Å². The molecule has 1 aliphatic rings. The summed E-state index contributed by atoms with van der Waals surface area (Å²) in [6, 6.07) is 3.92. The first-order valence-corrected chi connectivity index (χ1v) is 8.97. The Hall–Kier alpha value is -1.79. The Labute approximate surface area is 140 Å². The van der Waals surface area contributed by atoms with Gasteiger partial charge in [-0.05, 0) is 31.4 Å². The second-order valence-electron chi connectivity index (χ2n) is 6.09. The minimum Gasteiger partial charge on any atom is -0.354 e. The third-order valence-electron chi connectivity index (χ3n) is 4.33. The van der Waals surface area contributed by atoms with Gasteiger partial charge in [0.25, 0.3) is 0 Å². The molecule has 2 aromatic rings. The summed E-state index contributed by atoms with van der Waals surface area (Å²) in [5, 5.41) is 6.14.